The molecule has 3 aromatic carbocycles. The molecule has 0 aliphatic heterocycles. The van der Waals surface area contributed by atoms with Crippen LogP contribution < -0.4 is 0 Å². The number of nitrogens with one attached hydrogen (secondary N) is 2. The number of hydrogen-bond acceptors (Lipinski definition) is 0. The molecular formula is C27H19F3N2. The second kappa shape index (κ2) is 7.35. The van der Waals surface area contributed by atoms with Crippen molar-refractivity contribution in [2.45, 2.75) is 18.5 Å². The van der Waals surface area contributed by atoms with Gasteiger partial charge in [0, 0.05) is 50.9 Å². The lowest BCUT2D eigenvalue weighted by Gasteiger charge is -2.31. The topological polar surface area (TPSA) is 31.6 Å². The van der Waals surface area contributed by atoms with E-state index in [9.17, 15) is 0 Å². The molecule has 1 unspecified atom stereocenters. The van der Waals surface area contributed by atoms with Crippen LogP contribution in [0, 0.1) is 18.8 Å². The van der Waals surface area contributed by atoms with Crippen molar-refractivity contribution < 1.29 is 13.2 Å². The number of rotatable bonds is 2. The number of H-pyrrole nitrogens is 2. The van der Waals surface area contributed by atoms with E-state index in [4.69, 9.17) is 0 Å². The van der Waals surface area contributed by atoms with Gasteiger partial charge in [-0.3, -0.25) is 0 Å². The molecule has 0 amide bonds. The molecule has 2 nitrogen and oxygen atoms in total. The number of alkyl halides is 3. The number of aromatic amines is 2. The number of aromatic nitrogens is 2. The molecule has 32 heavy (non-hydrogen) atoms. The van der Waals surface area contributed by atoms with Gasteiger partial charge in [0.25, 0.3) is 0 Å². The minimum Gasteiger partial charge on any atom is -0.361 e. The molecule has 2 heterocycles. The van der Waals surface area contributed by atoms with Gasteiger partial charge in [-0.25, -0.2) is 0 Å². The quantitative estimate of drug-likeness (QED) is 0.288. The third kappa shape index (κ3) is 3.07. The highest BCUT2D eigenvalue weighted by Crippen LogP contribution is 2.50. The molecule has 0 radical (unpaired) electrons. The molecule has 5 rings (SSSR count). The van der Waals surface area contributed by atoms with Crippen LogP contribution in [0.3, 0.4) is 0 Å². The van der Waals surface area contributed by atoms with E-state index >= 15 is 13.2 Å². The van der Waals surface area contributed by atoms with Crippen LogP contribution in [-0.4, -0.2) is 16.1 Å². The lowest BCUT2D eigenvalue weighted by atomic mass is 9.73. The molecule has 0 saturated heterocycles. The Labute approximate surface area is 183 Å². The smallest absolute Gasteiger partial charge is 0.361 e. The van der Waals surface area contributed by atoms with Crippen molar-refractivity contribution in [3.05, 3.63) is 107 Å². The fourth-order valence-electron chi connectivity index (χ4n) is 4.27. The van der Waals surface area contributed by atoms with Gasteiger partial charge in [-0.2, -0.15) is 13.2 Å². The average Bonchev–Trinajstić information content (AvgIpc) is 3.39. The van der Waals surface area contributed by atoms with Crippen molar-refractivity contribution in [1.29, 1.82) is 0 Å². The molecular weight excluding hydrogens is 409 g/mol. The van der Waals surface area contributed by atoms with Crippen molar-refractivity contribution >= 4 is 21.8 Å². The van der Waals surface area contributed by atoms with Gasteiger partial charge in [0.1, 0.15) is 0 Å². The van der Waals surface area contributed by atoms with Crippen molar-refractivity contribution in [1.82, 2.24) is 9.97 Å². The Kier molecular flexibility index (Phi) is 4.60. The molecule has 2 aromatic heterocycles. The zero-order chi connectivity index (χ0) is 22.3. The van der Waals surface area contributed by atoms with Gasteiger partial charge < -0.3 is 9.97 Å². The summed E-state index contributed by atoms with van der Waals surface area (Å²) in [6.07, 6.45) is -1.80. The Balaban J connectivity index is 1.91. The van der Waals surface area contributed by atoms with E-state index in [0.29, 0.717) is 27.4 Å². The van der Waals surface area contributed by atoms with Gasteiger partial charge >= 0.3 is 6.18 Å². The summed E-state index contributed by atoms with van der Waals surface area (Å²) in [4.78, 5) is 6.03. The second-order valence-electron chi connectivity index (χ2n) is 7.86. The van der Waals surface area contributed by atoms with Gasteiger partial charge in [-0.15, -0.1) is 0 Å². The van der Waals surface area contributed by atoms with E-state index in [1.165, 1.54) is 12.4 Å². The van der Waals surface area contributed by atoms with E-state index in [2.05, 4.69) is 21.8 Å². The van der Waals surface area contributed by atoms with E-state index < -0.39 is 11.6 Å². The zero-order valence-electron chi connectivity index (χ0n) is 17.2. The van der Waals surface area contributed by atoms with Crippen LogP contribution in [0.1, 0.15) is 22.3 Å². The number of benzene rings is 3. The molecule has 0 saturated carbocycles. The highest BCUT2D eigenvalue weighted by atomic mass is 19.4. The Morgan fingerprint density at radius 1 is 0.719 bits per heavy atom. The lowest BCUT2D eigenvalue weighted by Crippen LogP contribution is -2.42. The van der Waals surface area contributed by atoms with Crippen molar-refractivity contribution in [3.8, 4) is 11.8 Å². The first-order valence-electron chi connectivity index (χ1n) is 10.2. The van der Waals surface area contributed by atoms with E-state index in [-0.39, 0.29) is 11.1 Å². The van der Waals surface area contributed by atoms with Crippen LogP contribution in [0.4, 0.5) is 13.2 Å². The summed E-state index contributed by atoms with van der Waals surface area (Å²) in [7, 11) is 0. The molecule has 0 fully saturated rings. The molecule has 158 valence electrons. The minimum atomic E-state index is -4.68. The summed E-state index contributed by atoms with van der Waals surface area (Å²) in [6, 6.07) is 21.2. The monoisotopic (exact) mass is 428 g/mol. The Morgan fingerprint density at radius 2 is 1.34 bits per heavy atom. The van der Waals surface area contributed by atoms with Crippen LogP contribution in [0.25, 0.3) is 21.8 Å². The fourth-order valence-corrected chi connectivity index (χ4v) is 4.27. The number of hydrogen-bond donors (Lipinski definition) is 2. The summed E-state index contributed by atoms with van der Waals surface area (Å²) in [6.45, 7) is 1.87. The summed E-state index contributed by atoms with van der Waals surface area (Å²) in [5, 5.41) is 1.00. The molecule has 5 heteroatoms. The van der Waals surface area contributed by atoms with E-state index in [0.717, 1.165) is 5.56 Å². The Hall–Kier alpha value is -3.91. The third-order valence-corrected chi connectivity index (χ3v) is 5.83. The maximum atomic E-state index is 15.2. The summed E-state index contributed by atoms with van der Waals surface area (Å²) in [5.74, 6) is 5.50. The largest absolute Gasteiger partial charge is 0.413 e. The van der Waals surface area contributed by atoms with Crippen LogP contribution in [-0.2, 0) is 5.41 Å². The first-order valence-corrected chi connectivity index (χ1v) is 10.2. The number of aryl methyl sites for hydroxylation is 1. The van der Waals surface area contributed by atoms with E-state index in [1.54, 1.807) is 60.7 Å². The standard InChI is InChI=1S/C27H19F3N2/c1-18-11-12-25-21(15-18)23(17-32-25)26(27(28,29)30,14-13-19-7-3-2-4-8-19)22-16-31-24-10-6-5-9-20(22)24/h2-12,15-17,31-32H,1H3. The number of para-hydroxylation sites is 1. The van der Waals surface area contributed by atoms with Gasteiger partial charge in [0.05, 0.1) is 0 Å². The number of halogens is 3. The van der Waals surface area contributed by atoms with Crippen molar-refractivity contribution in [2.24, 2.45) is 0 Å². The minimum absolute atomic E-state index is 0.0893. The van der Waals surface area contributed by atoms with Crippen molar-refractivity contribution in [2.75, 3.05) is 0 Å². The highest BCUT2D eigenvalue weighted by Gasteiger charge is 2.58. The maximum absolute atomic E-state index is 15.2. The van der Waals surface area contributed by atoms with Crippen LogP contribution in [0.15, 0.2) is 85.2 Å². The number of fused-ring (bicyclic) bond motifs is 2. The summed E-state index contributed by atoms with van der Waals surface area (Å²) < 4.78 is 45.7. The average molecular weight is 428 g/mol. The summed E-state index contributed by atoms with van der Waals surface area (Å²) >= 11 is 0. The zero-order valence-corrected chi connectivity index (χ0v) is 17.2. The molecule has 5 aromatic rings. The van der Waals surface area contributed by atoms with E-state index in [1.807, 2.05) is 19.1 Å². The first kappa shape index (κ1) is 20.0. The Bertz CT molecular complexity index is 1480. The highest BCUT2D eigenvalue weighted by molar-refractivity contribution is 5.91. The SMILES string of the molecule is Cc1ccc2[nH]cc(C(C#Cc3ccccc3)(c3c[nH]c4ccccc34)C(F)(F)F)c2c1. The first-order chi connectivity index (χ1) is 15.4. The van der Waals surface area contributed by atoms with Gasteiger partial charge in [-0.1, -0.05) is 59.9 Å². The van der Waals surface area contributed by atoms with Gasteiger partial charge in [-0.05, 0) is 37.3 Å². The van der Waals surface area contributed by atoms with Crippen LogP contribution in [0.5, 0.6) is 0 Å². The molecule has 0 bridgehead atoms. The normalized spacial score (nSPS) is 13.6. The van der Waals surface area contributed by atoms with Crippen LogP contribution in [0.2, 0.25) is 0 Å². The fraction of sp³-hybridized carbons (Fsp3) is 0.111. The summed E-state index contributed by atoms with van der Waals surface area (Å²) in [5.41, 5.74) is 0.327. The molecule has 2 N–H and O–H groups in total. The molecule has 1 atom stereocenters. The second-order valence-corrected chi connectivity index (χ2v) is 7.86. The molecule has 0 spiro atoms. The lowest BCUT2D eigenvalue weighted by molar-refractivity contribution is -0.161. The molecule has 0 aliphatic carbocycles. The maximum Gasteiger partial charge on any atom is 0.413 e. The predicted octanol–water partition coefficient (Wildman–Crippen LogP) is 6.86. The predicted molar refractivity (Wildman–Crippen MR) is 121 cm³/mol. The van der Waals surface area contributed by atoms with Crippen LogP contribution >= 0.6 is 0 Å². The third-order valence-electron chi connectivity index (χ3n) is 5.83. The van der Waals surface area contributed by atoms with Gasteiger partial charge in [0.2, 0.25) is 0 Å². The molecule has 0 aliphatic rings. The van der Waals surface area contributed by atoms with Crippen molar-refractivity contribution in [3.63, 3.8) is 0 Å². The Morgan fingerprint density at radius 3 is 2.06 bits per heavy atom. The van der Waals surface area contributed by atoms with Gasteiger partial charge in [0.15, 0.2) is 5.41 Å².